The van der Waals surface area contributed by atoms with Gasteiger partial charge in [-0.05, 0) is 37.5 Å². The number of rotatable bonds is 3. The number of hydrogen-bond donors (Lipinski definition) is 1. The molecule has 0 radical (unpaired) electrons. The van der Waals surface area contributed by atoms with E-state index in [1.807, 2.05) is 0 Å². The van der Waals surface area contributed by atoms with Crippen LogP contribution in [0.2, 0.25) is 0 Å². The lowest BCUT2D eigenvalue weighted by Crippen LogP contribution is -2.26. The van der Waals surface area contributed by atoms with Crippen LogP contribution in [0.4, 0.5) is 5.13 Å². The number of hydrogen-bond acceptors (Lipinski definition) is 4. The lowest BCUT2D eigenvalue weighted by Gasteiger charge is -2.34. The Morgan fingerprint density at radius 2 is 2.35 bits per heavy atom. The quantitative estimate of drug-likeness (QED) is 0.919. The molecule has 4 nitrogen and oxygen atoms in total. The van der Waals surface area contributed by atoms with Gasteiger partial charge < -0.3 is 5.32 Å². The van der Waals surface area contributed by atoms with Gasteiger partial charge in [-0.15, -0.1) is 0 Å². The molecule has 1 saturated carbocycles. The highest BCUT2D eigenvalue weighted by molar-refractivity contribution is 7.16. The van der Waals surface area contributed by atoms with Crippen molar-refractivity contribution in [2.24, 2.45) is 11.3 Å². The van der Waals surface area contributed by atoms with Crippen molar-refractivity contribution in [3.8, 4) is 6.07 Å². The van der Waals surface area contributed by atoms with E-state index in [2.05, 4.69) is 30.2 Å². The summed E-state index contributed by atoms with van der Waals surface area (Å²) in [5, 5.41) is 12.3. The molecular weight excluding hydrogens is 270 g/mol. The monoisotopic (exact) mass is 291 g/mol. The van der Waals surface area contributed by atoms with E-state index < -0.39 is 0 Å². The summed E-state index contributed by atoms with van der Waals surface area (Å²) in [4.78, 5) is 16.8. The summed E-state index contributed by atoms with van der Waals surface area (Å²) in [5.41, 5.74) is 1.04. The zero-order valence-corrected chi connectivity index (χ0v) is 13.1. The van der Waals surface area contributed by atoms with E-state index in [1.54, 1.807) is 6.92 Å². The second kappa shape index (κ2) is 5.92. The minimum atomic E-state index is 0.0194. The van der Waals surface area contributed by atoms with Gasteiger partial charge in [-0.3, -0.25) is 4.79 Å². The highest BCUT2D eigenvalue weighted by Gasteiger charge is 2.29. The molecule has 0 bridgehead atoms. The molecule has 5 heteroatoms. The zero-order chi connectivity index (χ0) is 14.8. The molecule has 1 heterocycles. The number of anilines is 1. The standard InChI is InChI=1S/C15H21N3OS/c1-10-12(9-16)20-14(17-10)18-13(19)7-11-5-4-6-15(2,3)8-11/h11H,4-8H2,1-3H3,(H,17,18,19)/t11-/m0/s1. The van der Waals surface area contributed by atoms with Crippen molar-refractivity contribution in [1.82, 2.24) is 4.98 Å². The third-order valence-electron chi connectivity index (χ3n) is 3.93. The van der Waals surface area contributed by atoms with Gasteiger partial charge in [-0.2, -0.15) is 5.26 Å². The topological polar surface area (TPSA) is 65.8 Å². The van der Waals surface area contributed by atoms with Crippen molar-refractivity contribution in [3.05, 3.63) is 10.6 Å². The van der Waals surface area contributed by atoms with Crippen LogP contribution in [0.5, 0.6) is 0 Å². The zero-order valence-electron chi connectivity index (χ0n) is 12.3. The highest BCUT2D eigenvalue weighted by Crippen LogP contribution is 2.39. The second-order valence-corrected chi connectivity index (χ2v) is 7.42. The Hall–Kier alpha value is -1.41. The van der Waals surface area contributed by atoms with E-state index in [0.29, 0.717) is 33.5 Å². The number of nitrogens with one attached hydrogen (secondary N) is 1. The summed E-state index contributed by atoms with van der Waals surface area (Å²) < 4.78 is 0. The average Bonchev–Trinajstić information content (AvgIpc) is 2.67. The van der Waals surface area contributed by atoms with E-state index in [1.165, 1.54) is 24.2 Å². The molecular formula is C15H21N3OS. The Kier molecular flexibility index (Phi) is 4.44. The van der Waals surface area contributed by atoms with E-state index in [4.69, 9.17) is 5.26 Å². The molecule has 0 spiro atoms. The first-order valence-corrected chi connectivity index (χ1v) is 7.89. The predicted octanol–water partition coefficient (Wildman–Crippen LogP) is 3.87. The maximum atomic E-state index is 12.1. The number of aromatic nitrogens is 1. The van der Waals surface area contributed by atoms with Gasteiger partial charge in [-0.1, -0.05) is 31.6 Å². The molecule has 1 aromatic rings. The van der Waals surface area contributed by atoms with Crippen LogP contribution in [-0.4, -0.2) is 10.9 Å². The number of aryl methyl sites for hydroxylation is 1. The minimum Gasteiger partial charge on any atom is -0.302 e. The van der Waals surface area contributed by atoms with Crippen LogP contribution in [-0.2, 0) is 4.79 Å². The molecule has 2 rings (SSSR count). The van der Waals surface area contributed by atoms with Crippen LogP contribution in [0.25, 0.3) is 0 Å². The van der Waals surface area contributed by atoms with Crippen molar-refractivity contribution >= 4 is 22.4 Å². The molecule has 1 aliphatic rings. The summed E-state index contributed by atoms with van der Waals surface area (Å²) in [5.74, 6) is 0.487. The number of thiazole rings is 1. The number of carbonyl (C=O) groups is 1. The van der Waals surface area contributed by atoms with E-state index in [-0.39, 0.29) is 5.91 Å². The smallest absolute Gasteiger partial charge is 0.226 e. The van der Waals surface area contributed by atoms with Crippen molar-refractivity contribution in [2.45, 2.75) is 52.9 Å². The van der Waals surface area contributed by atoms with E-state index in [0.717, 1.165) is 12.8 Å². The van der Waals surface area contributed by atoms with Crippen molar-refractivity contribution in [1.29, 1.82) is 5.26 Å². The molecule has 1 amide bonds. The normalized spacial score (nSPS) is 21.2. The van der Waals surface area contributed by atoms with Gasteiger partial charge in [0.2, 0.25) is 5.91 Å². The molecule has 1 aliphatic carbocycles. The second-order valence-electron chi connectivity index (χ2n) is 6.42. The molecule has 1 N–H and O–H groups in total. The SMILES string of the molecule is Cc1nc(NC(=O)C[C@@H]2CCCC(C)(C)C2)sc1C#N. The van der Waals surface area contributed by atoms with Crippen molar-refractivity contribution in [2.75, 3.05) is 5.32 Å². The van der Waals surface area contributed by atoms with Crippen LogP contribution in [0, 0.1) is 29.6 Å². The minimum absolute atomic E-state index is 0.0194. The summed E-state index contributed by atoms with van der Waals surface area (Å²) in [6, 6.07) is 2.09. The van der Waals surface area contributed by atoms with Gasteiger partial charge in [0.1, 0.15) is 10.9 Å². The molecule has 0 aromatic carbocycles. The fourth-order valence-electron chi connectivity index (χ4n) is 3.02. The first kappa shape index (κ1) is 15.0. The molecule has 1 atom stereocenters. The number of nitrogens with zero attached hydrogens (tertiary/aromatic N) is 2. The van der Waals surface area contributed by atoms with Crippen LogP contribution >= 0.6 is 11.3 Å². The molecule has 1 fully saturated rings. The molecule has 1 aromatic heterocycles. The van der Waals surface area contributed by atoms with E-state index >= 15 is 0 Å². The Bertz CT molecular complexity index is 542. The van der Waals surface area contributed by atoms with Gasteiger partial charge in [0, 0.05) is 6.42 Å². The van der Waals surface area contributed by atoms with Crippen LogP contribution < -0.4 is 5.32 Å². The molecule has 0 unspecified atom stereocenters. The predicted molar refractivity (Wildman–Crippen MR) is 80.6 cm³/mol. The Morgan fingerprint density at radius 1 is 1.60 bits per heavy atom. The summed E-state index contributed by atoms with van der Waals surface area (Å²) in [7, 11) is 0. The number of amides is 1. The molecule has 0 saturated heterocycles. The number of carbonyl (C=O) groups excluding carboxylic acids is 1. The molecule has 20 heavy (non-hydrogen) atoms. The Balaban J connectivity index is 1.90. The highest BCUT2D eigenvalue weighted by atomic mass is 32.1. The maximum absolute atomic E-state index is 12.1. The third-order valence-corrected chi connectivity index (χ3v) is 4.90. The van der Waals surface area contributed by atoms with Crippen LogP contribution in [0.1, 0.15) is 56.5 Å². The fourth-order valence-corrected chi connectivity index (χ4v) is 3.80. The third kappa shape index (κ3) is 3.80. The number of nitriles is 1. The van der Waals surface area contributed by atoms with Crippen molar-refractivity contribution in [3.63, 3.8) is 0 Å². The average molecular weight is 291 g/mol. The Morgan fingerprint density at radius 3 is 2.95 bits per heavy atom. The lowest BCUT2D eigenvalue weighted by atomic mass is 9.71. The first-order chi connectivity index (χ1) is 9.39. The van der Waals surface area contributed by atoms with Gasteiger partial charge >= 0.3 is 0 Å². The maximum Gasteiger partial charge on any atom is 0.226 e. The van der Waals surface area contributed by atoms with Crippen LogP contribution in [0.15, 0.2) is 0 Å². The van der Waals surface area contributed by atoms with Crippen LogP contribution in [0.3, 0.4) is 0 Å². The Labute approximate surface area is 124 Å². The summed E-state index contributed by atoms with van der Waals surface area (Å²) in [6.45, 7) is 6.34. The first-order valence-electron chi connectivity index (χ1n) is 7.07. The van der Waals surface area contributed by atoms with Gasteiger partial charge in [0.15, 0.2) is 5.13 Å². The van der Waals surface area contributed by atoms with Gasteiger partial charge in [-0.25, -0.2) is 4.98 Å². The molecule has 108 valence electrons. The van der Waals surface area contributed by atoms with Gasteiger partial charge in [0.25, 0.3) is 0 Å². The largest absolute Gasteiger partial charge is 0.302 e. The van der Waals surface area contributed by atoms with Crippen molar-refractivity contribution < 1.29 is 4.79 Å². The van der Waals surface area contributed by atoms with Gasteiger partial charge in [0.05, 0.1) is 5.69 Å². The fraction of sp³-hybridized carbons (Fsp3) is 0.667. The molecule has 0 aliphatic heterocycles. The summed E-state index contributed by atoms with van der Waals surface area (Å²) >= 11 is 1.25. The summed E-state index contributed by atoms with van der Waals surface area (Å²) in [6.07, 6.45) is 5.27. The van der Waals surface area contributed by atoms with E-state index in [9.17, 15) is 4.79 Å². The lowest BCUT2D eigenvalue weighted by molar-refractivity contribution is -0.117.